The zero-order chi connectivity index (χ0) is 17.7. The number of alkyl halides is 3. The summed E-state index contributed by atoms with van der Waals surface area (Å²) in [6, 6.07) is 5.48. The number of carbonyl (C=O) groups excluding carboxylic acids is 1. The van der Waals surface area contributed by atoms with Crippen molar-refractivity contribution in [2.75, 3.05) is 13.6 Å². The van der Waals surface area contributed by atoms with Crippen LogP contribution < -0.4 is 10.5 Å². The van der Waals surface area contributed by atoms with Gasteiger partial charge in [0.2, 0.25) is 5.91 Å². The molecule has 0 radical (unpaired) electrons. The number of hydrogen-bond acceptors (Lipinski definition) is 3. The molecule has 0 heterocycles. The third kappa shape index (κ3) is 5.87. The molecule has 8 heteroatoms. The number of halogens is 4. The molecule has 24 heavy (non-hydrogen) atoms. The maximum Gasteiger partial charge on any atom is 0.573 e. The Kier molecular flexibility index (Phi) is 8.57. The molecule has 0 saturated carbocycles. The third-order valence-electron chi connectivity index (χ3n) is 4.12. The van der Waals surface area contributed by atoms with E-state index in [1.807, 2.05) is 13.8 Å². The van der Waals surface area contributed by atoms with Crippen LogP contribution in [0.15, 0.2) is 24.3 Å². The van der Waals surface area contributed by atoms with E-state index in [-0.39, 0.29) is 30.6 Å². The fourth-order valence-corrected chi connectivity index (χ4v) is 2.48. The van der Waals surface area contributed by atoms with E-state index in [9.17, 15) is 18.0 Å². The molecule has 0 saturated heterocycles. The van der Waals surface area contributed by atoms with Crippen LogP contribution in [0.4, 0.5) is 13.2 Å². The number of ether oxygens (including phenoxy) is 1. The molecule has 1 aromatic carbocycles. The number of nitrogens with zero attached hydrogens (tertiary/aromatic N) is 1. The molecule has 0 aliphatic carbocycles. The maximum absolute atomic E-state index is 12.6. The Morgan fingerprint density at radius 1 is 1.17 bits per heavy atom. The van der Waals surface area contributed by atoms with Gasteiger partial charge in [-0.05, 0) is 30.5 Å². The lowest BCUT2D eigenvalue weighted by Crippen LogP contribution is -2.45. The molecular weight excluding hydrogens is 345 g/mol. The first-order chi connectivity index (χ1) is 10.7. The van der Waals surface area contributed by atoms with Crippen molar-refractivity contribution in [3.05, 3.63) is 29.8 Å². The minimum absolute atomic E-state index is 0. The van der Waals surface area contributed by atoms with Crippen LogP contribution in [0.1, 0.15) is 32.3 Å². The van der Waals surface area contributed by atoms with Gasteiger partial charge in [-0.25, -0.2) is 0 Å². The first-order valence-corrected chi connectivity index (χ1v) is 7.47. The Balaban J connectivity index is 0.00000529. The second-order valence-corrected chi connectivity index (χ2v) is 5.54. The summed E-state index contributed by atoms with van der Waals surface area (Å²) < 4.78 is 40.2. The largest absolute Gasteiger partial charge is 0.573 e. The van der Waals surface area contributed by atoms with Gasteiger partial charge in [0.1, 0.15) is 5.75 Å². The Labute approximate surface area is 146 Å². The quantitative estimate of drug-likeness (QED) is 0.797. The number of nitrogens with two attached hydrogens (primary N) is 1. The smallest absolute Gasteiger partial charge is 0.406 e. The van der Waals surface area contributed by atoms with Crippen molar-refractivity contribution in [2.24, 2.45) is 11.1 Å². The van der Waals surface area contributed by atoms with Crippen LogP contribution in [0.5, 0.6) is 5.75 Å². The first-order valence-electron chi connectivity index (χ1n) is 7.47. The Morgan fingerprint density at radius 3 is 2.04 bits per heavy atom. The number of benzene rings is 1. The zero-order valence-electron chi connectivity index (χ0n) is 14.0. The standard InChI is InChI=1S/C16H23F3N2O2.ClH/c1-4-15(5-2,11-20)14(22)21(3)10-12-6-8-13(9-7-12)23-16(17,18)19;/h6-9H,4-5,10-11,20H2,1-3H3;1H. The summed E-state index contributed by atoms with van der Waals surface area (Å²) in [6.45, 7) is 4.41. The molecule has 0 spiro atoms. The molecule has 0 bridgehead atoms. The number of amides is 1. The number of carbonyl (C=O) groups is 1. The van der Waals surface area contributed by atoms with E-state index in [1.165, 1.54) is 24.3 Å². The van der Waals surface area contributed by atoms with Crippen LogP contribution in [0.25, 0.3) is 0 Å². The van der Waals surface area contributed by atoms with Crippen molar-refractivity contribution in [1.82, 2.24) is 4.90 Å². The molecule has 0 unspecified atom stereocenters. The monoisotopic (exact) mass is 368 g/mol. The lowest BCUT2D eigenvalue weighted by atomic mass is 9.81. The molecule has 2 N–H and O–H groups in total. The van der Waals surface area contributed by atoms with E-state index in [2.05, 4.69) is 4.74 Å². The fourth-order valence-electron chi connectivity index (χ4n) is 2.48. The minimum atomic E-state index is -4.71. The first kappa shape index (κ1) is 22.5. The van der Waals surface area contributed by atoms with Crippen molar-refractivity contribution in [3.8, 4) is 5.75 Å². The molecule has 0 atom stereocenters. The van der Waals surface area contributed by atoms with Crippen LogP contribution in [0.3, 0.4) is 0 Å². The van der Waals surface area contributed by atoms with E-state index in [1.54, 1.807) is 11.9 Å². The van der Waals surface area contributed by atoms with Gasteiger partial charge in [-0.3, -0.25) is 4.79 Å². The highest BCUT2D eigenvalue weighted by Crippen LogP contribution is 2.28. The molecule has 1 amide bonds. The fraction of sp³-hybridized carbons (Fsp3) is 0.562. The van der Waals surface area contributed by atoms with Crippen molar-refractivity contribution >= 4 is 18.3 Å². The molecule has 1 rings (SSSR count). The lowest BCUT2D eigenvalue weighted by molar-refractivity contribution is -0.274. The van der Waals surface area contributed by atoms with Gasteiger partial charge >= 0.3 is 6.36 Å². The van der Waals surface area contributed by atoms with Crippen molar-refractivity contribution in [3.63, 3.8) is 0 Å². The summed E-state index contributed by atoms with van der Waals surface area (Å²) in [4.78, 5) is 14.1. The van der Waals surface area contributed by atoms with Crippen molar-refractivity contribution < 1.29 is 22.7 Å². The number of hydrogen-bond donors (Lipinski definition) is 1. The van der Waals surface area contributed by atoms with Crippen LogP contribution in [-0.4, -0.2) is 30.8 Å². The molecule has 0 aliphatic heterocycles. The van der Waals surface area contributed by atoms with Gasteiger partial charge in [-0.1, -0.05) is 26.0 Å². The molecule has 4 nitrogen and oxygen atoms in total. The zero-order valence-corrected chi connectivity index (χ0v) is 14.8. The van der Waals surface area contributed by atoms with E-state index in [0.29, 0.717) is 24.9 Å². The molecule has 138 valence electrons. The summed E-state index contributed by atoms with van der Waals surface area (Å²) in [6.07, 6.45) is -3.43. The summed E-state index contributed by atoms with van der Waals surface area (Å²) >= 11 is 0. The topological polar surface area (TPSA) is 55.6 Å². The third-order valence-corrected chi connectivity index (χ3v) is 4.12. The van der Waals surface area contributed by atoms with Gasteiger partial charge in [0.15, 0.2) is 0 Å². The predicted octanol–water partition coefficient (Wildman–Crippen LogP) is 3.73. The van der Waals surface area contributed by atoms with Gasteiger partial charge in [0, 0.05) is 20.1 Å². The lowest BCUT2D eigenvalue weighted by Gasteiger charge is -2.33. The Hall–Kier alpha value is -1.47. The number of rotatable bonds is 7. The summed E-state index contributed by atoms with van der Waals surface area (Å²) in [7, 11) is 1.66. The van der Waals surface area contributed by atoms with Gasteiger partial charge in [-0.2, -0.15) is 0 Å². The van der Waals surface area contributed by atoms with Crippen molar-refractivity contribution in [1.29, 1.82) is 0 Å². The van der Waals surface area contributed by atoms with E-state index < -0.39 is 11.8 Å². The average Bonchev–Trinajstić information content (AvgIpc) is 2.50. The van der Waals surface area contributed by atoms with Crippen LogP contribution >= 0.6 is 12.4 Å². The Bertz CT molecular complexity index is 509. The summed E-state index contributed by atoms with van der Waals surface area (Å²) in [5, 5.41) is 0. The summed E-state index contributed by atoms with van der Waals surface area (Å²) in [5.74, 6) is -0.339. The maximum atomic E-state index is 12.6. The molecule has 0 fully saturated rings. The van der Waals surface area contributed by atoms with Crippen LogP contribution in [-0.2, 0) is 11.3 Å². The van der Waals surface area contributed by atoms with Gasteiger partial charge < -0.3 is 15.4 Å². The highest BCUT2D eigenvalue weighted by Gasteiger charge is 2.35. The molecule has 0 aliphatic rings. The van der Waals surface area contributed by atoms with Gasteiger partial charge in [-0.15, -0.1) is 25.6 Å². The molecule has 1 aromatic rings. The normalized spacial score (nSPS) is 11.6. The van der Waals surface area contributed by atoms with E-state index in [4.69, 9.17) is 5.73 Å². The minimum Gasteiger partial charge on any atom is -0.406 e. The molecule has 0 aromatic heterocycles. The van der Waals surface area contributed by atoms with Crippen molar-refractivity contribution in [2.45, 2.75) is 39.6 Å². The highest BCUT2D eigenvalue weighted by atomic mass is 35.5. The predicted molar refractivity (Wildman–Crippen MR) is 88.9 cm³/mol. The second-order valence-electron chi connectivity index (χ2n) is 5.54. The van der Waals surface area contributed by atoms with Gasteiger partial charge in [0.05, 0.1) is 5.41 Å². The van der Waals surface area contributed by atoms with Crippen LogP contribution in [0, 0.1) is 5.41 Å². The second kappa shape index (κ2) is 9.13. The van der Waals surface area contributed by atoms with Gasteiger partial charge in [0.25, 0.3) is 0 Å². The summed E-state index contributed by atoms with van der Waals surface area (Å²) in [5.41, 5.74) is 5.90. The van der Waals surface area contributed by atoms with Crippen LogP contribution in [0.2, 0.25) is 0 Å². The Morgan fingerprint density at radius 2 is 1.67 bits per heavy atom. The average molecular weight is 369 g/mol. The SMILES string of the molecule is CCC(CC)(CN)C(=O)N(C)Cc1ccc(OC(F)(F)F)cc1.Cl. The molecular formula is C16H24ClF3N2O2. The van der Waals surface area contributed by atoms with E-state index >= 15 is 0 Å². The highest BCUT2D eigenvalue weighted by molar-refractivity contribution is 5.85. The van der Waals surface area contributed by atoms with E-state index in [0.717, 1.165) is 0 Å².